The number of benzene rings is 1. The van der Waals surface area contributed by atoms with Crippen LogP contribution in [0.1, 0.15) is 17.5 Å². The lowest BCUT2D eigenvalue weighted by Crippen LogP contribution is -2.07. The summed E-state index contributed by atoms with van der Waals surface area (Å²) in [6, 6.07) is 5.70. The van der Waals surface area contributed by atoms with Gasteiger partial charge >= 0.3 is 0 Å². The largest absolute Gasteiger partial charge is 0.339 e. The van der Waals surface area contributed by atoms with Crippen molar-refractivity contribution in [2.24, 2.45) is 0 Å². The summed E-state index contributed by atoms with van der Waals surface area (Å²) in [7, 11) is 0. The molecule has 0 fully saturated rings. The fraction of sp³-hybridized carbons (Fsp3) is 0.357. The molecule has 0 aliphatic heterocycles. The molecule has 21 heavy (non-hydrogen) atoms. The first-order valence-electron chi connectivity index (χ1n) is 6.67. The maximum absolute atomic E-state index is 6.02. The van der Waals surface area contributed by atoms with E-state index in [1.807, 2.05) is 18.2 Å². The van der Waals surface area contributed by atoms with Crippen LogP contribution in [0.5, 0.6) is 0 Å². The first kappa shape index (κ1) is 14.4. The zero-order chi connectivity index (χ0) is 14.8. The molecule has 0 saturated carbocycles. The van der Waals surface area contributed by atoms with Gasteiger partial charge in [-0.3, -0.25) is 0 Å². The minimum atomic E-state index is 0.525. The molecule has 110 valence electrons. The zero-order valence-corrected chi connectivity index (χ0v) is 13.0. The van der Waals surface area contributed by atoms with E-state index in [0.717, 1.165) is 16.9 Å². The van der Waals surface area contributed by atoms with Crippen LogP contribution in [-0.4, -0.2) is 25.6 Å². The molecular formula is C14H14Cl2N4O. The SMILES string of the molecule is Cc1noc(CCn2c(CCCl)nc3cc(Cl)ccc32)n1. The van der Waals surface area contributed by atoms with Crippen molar-refractivity contribution in [1.29, 1.82) is 0 Å². The van der Waals surface area contributed by atoms with Crippen LogP contribution in [0.3, 0.4) is 0 Å². The van der Waals surface area contributed by atoms with E-state index < -0.39 is 0 Å². The van der Waals surface area contributed by atoms with Crippen molar-refractivity contribution in [3.63, 3.8) is 0 Å². The van der Waals surface area contributed by atoms with Gasteiger partial charge in [0.1, 0.15) is 5.82 Å². The topological polar surface area (TPSA) is 56.7 Å². The Balaban J connectivity index is 1.92. The van der Waals surface area contributed by atoms with Crippen molar-refractivity contribution in [1.82, 2.24) is 19.7 Å². The van der Waals surface area contributed by atoms with E-state index in [4.69, 9.17) is 27.7 Å². The Bertz CT molecular complexity index is 766. The molecular weight excluding hydrogens is 311 g/mol. The predicted molar refractivity (Wildman–Crippen MR) is 81.9 cm³/mol. The number of aryl methyl sites for hydroxylation is 4. The lowest BCUT2D eigenvalue weighted by Gasteiger charge is -2.06. The van der Waals surface area contributed by atoms with Crippen molar-refractivity contribution in [2.75, 3.05) is 5.88 Å². The fourth-order valence-electron chi connectivity index (χ4n) is 2.33. The number of hydrogen-bond acceptors (Lipinski definition) is 4. The average Bonchev–Trinajstić information content (AvgIpc) is 3.00. The molecule has 0 aliphatic rings. The van der Waals surface area contributed by atoms with Gasteiger partial charge in [0.15, 0.2) is 5.82 Å². The van der Waals surface area contributed by atoms with Crippen molar-refractivity contribution in [2.45, 2.75) is 26.3 Å². The van der Waals surface area contributed by atoms with E-state index in [0.29, 0.717) is 42.0 Å². The second-order valence-corrected chi connectivity index (χ2v) is 5.55. The Hall–Kier alpha value is -1.59. The summed E-state index contributed by atoms with van der Waals surface area (Å²) in [5, 5.41) is 4.48. The van der Waals surface area contributed by atoms with Crippen LogP contribution in [0.4, 0.5) is 0 Å². The van der Waals surface area contributed by atoms with E-state index in [-0.39, 0.29) is 0 Å². The summed E-state index contributed by atoms with van der Waals surface area (Å²) >= 11 is 11.9. The zero-order valence-electron chi connectivity index (χ0n) is 11.5. The average molecular weight is 325 g/mol. The van der Waals surface area contributed by atoms with Crippen LogP contribution in [0.2, 0.25) is 5.02 Å². The summed E-state index contributed by atoms with van der Waals surface area (Å²) in [4.78, 5) is 8.83. The van der Waals surface area contributed by atoms with Gasteiger partial charge in [-0.15, -0.1) is 11.6 Å². The number of aromatic nitrogens is 4. The van der Waals surface area contributed by atoms with Gasteiger partial charge in [0.2, 0.25) is 5.89 Å². The number of nitrogens with zero attached hydrogens (tertiary/aromatic N) is 4. The Morgan fingerprint density at radius 2 is 2.10 bits per heavy atom. The highest BCUT2D eigenvalue weighted by atomic mass is 35.5. The summed E-state index contributed by atoms with van der Waals surface area (Å²) in [5.74, 6) is 2.74. The summed E-state index contributed by atoms with van der Waals surface area (Å²) < 4.78 is 7.28. The van der Waals surface area contributed by atoms with Gasteiger partial charge in [-0.1, -0.05) is 16.8 Å². The number of fused-ring (bicyclic) bond motifs is 1. The third-order valence-electron chi connectivity index (χ3n) is 3.23. The molecule has 2 aromatic heterocycles. The molecule has 1 aromatic carbocycles. The van der Waals surface area contributed by atoms with Crippen LogP contribution in [0.25, 0.3) is 11.0 Å². The van der Waals surface area contributed by atoms with E-state index in [1.54, 1.807) is 6.92 Å². The van der Waals surface area contributed by atoms with Crippen molar-refractivity contribution < 1.29 is 4.52 Å². The third-order valence-corrected chi connectivity index (χ3v) is 3.65. The highest BCUT2D eigenvalue weighted by molar-refractivity contribution is 6.31. The normalized spacial score (nSPS) is 11.4. The van der Waals surface area contributed by atoms with Crippen LogP contribution < -0.4 is 0 Å². The van der Waals surface area contributed by atoms with Crippen molar-refractivity contribution in [3.8, 4) is 0 Å². The Morgan fingerprint density at radius 1 is 1.24 bits per heavy atom. The van der Waals surface area contributed by atoms with E-state index in [2.05, 4.69) is 19.7 Å². The monoisotopic (exact) mass is 324 g/mol. The van der Waals surface area contributed by atoms with Gasteiger partial charge in [-0.25, -0.2) is 4.98 Å². The molecule has 0 unspecified atom stereocenters. The third kappa shape index (κ3) is 3.04. The second kappa shape index (κ2) is 6.03. The Kier molecular flexibility index (Phi) is 4.12. The lowest BCUT2D eigenvalue weighted by atomic mass is 10.3. The summed E-state index contributed by atoms with van der Waals surface area (Å²) in [6.45, 7) is 2.52. The minimum Gasteiger partial charge on any atom is -0.339 e. The van der Waals surface area contributed by atoms with Crippen molar-refractivity contribution in [3.05, 3.63) is 40.8 Å². The van der Waals surface area contributed by atoms with Crippen LogP contribution in [-0.2, 0) is 19.4 Å². The second-order valence-electron chi connectivity index (χ2n) is 4.74. The molecule has 0 atom stereocenters. The fourth-order valence-corrected chi connectivity index (χ4v) is 2.66. The molecule has 0 aliphatic carbocycles. The first-order valence-corrected chi connectivity index (χ1v) is 7.58. The number of hydrogen-bond donors (Lipinski definition) is 0. The number of imidazole rings is 1. The standard InChI is InChI=1S/C14H14Cl2N4O/c1-9-17-14(21-19-9)5-7-20-12-3-2-10(16)8-11(12)18-13(20)4-6-15/h2-3,8H,4-7H2,1H3. The number of rotatable bonds is 5. The highest BCUT2D eigenvalue weighted by Crippen LogP contribution is 2.21. The molecule has 7 heteroatoms. The molecule has 0 bridgehead atoms. The lowest BCUT2D eigenvalue weighted by molar-refractivity contribution is 0.368. The molecule has 3 aromatic rings. The van der Waals surface area contributed by atoms with Gasteiger partial charge in [0, 0.05) is 30.3 Å². The van der Waals surface area contributed by atoms with Crippen LogP contribution in [0, 0.1) is 6.92 Å². The van der Waals surface area contributed by atoms with Gasteiger partial charge in [0.25, 0.3) is 0 Å². The molecule has 0 N–H and O–H groups in total. The molecule has 0 amide bonds. The highest BCUT2D eigenvalue weighted by Gasteiger charge is 2.12. The molecule has 0 spiro atoms. The Morgan fingerprint density at radius 3 is 2.81 bits per heavy atom. The van der Waals surface area contributed by atoms with E-state index >= 15 is 0 Å². The van der Waals surface area contributed by atoms with Gasteiger partial charge in [-0.2, -0.15) is 4.98 Å². The number of halogens is 2. The predicted octanol–water partition coefficient (Wildman–Crippen LogP) is 3.41. The molecule has 0 saturated heterocycles. The Labute approximate surface area is 131 Å². The van der Waals surface area contributed by atoms with Crippen LogP contribution in [0.15, 0.2) is 22.7 Å². The molecule has 3 rings (SSSR count). The number of alkyl halides is 1. The van der Waals surface area contributed by atoms with E-state index in [1.165, 1.54) is 0 Å². The van der Waals surface area contributed by atoms with Gasteiger partial charge in [-0.05, 0) is 25.1 Å². The quantitative estimate of drug-likeness (QED) is 0.675. The maximum Gasteiger partial charge on any atom is 0.228 e. The molecule has 5 nitrogen and oxygen atoms in total. The van der Waals surface area contributed by atoms with Gasteiger partial charge < -0.3 is 9.09 Å². The molecule has 0 radical (unpaired) electrons. The van der Waals surface area contributed by atoms with E-state index in [9.17, 15) is 0 Å². The smallest absolute Gasteiger partial charge is 0.228 e. The van der Waals surface area contributed by atoms with Crippen molar-refractivity contribution >= 4 is 34.2 Å². The maximum atomic E-state index is 6.02. The van der Waals surface area contributed by atoms with Crippen LogP contribution >= 0.6 is 23.2 Å². The molecule has 2 heterocycles. The van der Waals surface area contributed by atoms with Gasteiger partial charge in [0.05, 0.1) is 11.0 Å². The summed E-state index contributed by atoms with van der Waals surface area (Å²) in [5.41, 5.74) is 1.92. The summed E-state index contributed by atoms with van der Waals surface area (Å²) in [6.07, 6.45) is 1.36. The minimum absolute atomic E-state index is 0.525. The first-order chi connectivity index (χ1) is 10.2.